The molecule has 3 rings (SSSR count). The van der Waals surface area contributed by atoms with Crippen molar-refractivity contribution in [3.63, 3.8) is 0 Å². The second-order valence-corrected chi connectivity index (χ2v) is 11.2. The van der Waals surface area contributed by atoms with Gasteiger partial charge >= 0.3 is 0 Å². The van der Waals surface area contributed by atoms with Gasteiger partial charge in [0.25, 0.3) is 0 Å². The lowest BCUT2D eigenvalue weighted by atomic mass is 9.59. The maximum Gasteiger partial charge on any atom is -0.0235 e. The molecule has 6 unspecified atom stereocenters. The molecule has 0 heteroatoms. The van der Waals surface area contributed by atoms with Crippen LogP contribution in [-0.4, -0.2) is 0 Å². The normalized spacial score (nSPS) is 37.8. The lowest BCUT2D eigenvalue weighted by molar-refractivity contribution is 0.0341. The third-order valence-electron chi connectivity index (χ3n) is 9.35. The summed E-state index contributed by atoms with van der Waals surface area (Å²) < 4.78 is 0. The van der Waals surface area contributed by atoms with Crippen LogP contribution < -0.4 is 0 Å². The summed E-state index contributed by atoms with van der Waals surface area (Å²) in [5, 5.41) is 0. The second kappa shape index (κ2) is 10.2. The molecule has 3 aliphatic rings. The topological polar surface area (TPSA) is 0 Å². The zero-order chi connectivity index (χ0) is 19.3. The van der Waals surface area contributed by atoms with E-state index in [-0.39, 0.29) is 0 Å². The first kappa shape index (κ1) is 21.7. The van der Waals surface area contributed by atoms with Gasteiger partial charge in [0.2, 0.25) is 0 Å². The van der Waals surface area contributed by atoms with Crippen LogP contribution in [0.2, 0.25) is 0 Å². The van der Waals surface area contributed by atoms with Gasteiger partial charge in [-0.3, -0.25) is 0 Å². The molecular formula is C27H50. The first-order chi connectivity index (χ1) is 13.1. The van der Waals surface area contributed by atoms with Gasteiger partial charge in [0.1, 0.15) is 0 Å². The van der Waals surface area contributed by atoms with E-state index in [2.05, 4.69) is 27.7 Å². The molecular weight excluding hydrogens is 324 g/mol. The maximum atomic E-state index is 2.57. The van der Waals surface area contributed by atoms with Crippen LogP contribution >= 0.6 is 0 Å². The molecule has 6 atom stereocenters. The zero-order valence-electron chi connectivity index (χ0n) is 19.3. The molecule has 27 heavy (non-hydrogen) atoms. The Kier molecular flexibility index (Phi) is 8.16. The van der Waals surface area contributed by atoms with E-state index in [0.717, 1.165) is 40.9 Å². The fraction of sp³-hybridized carbons (Fsp3) is 1.00. The third kappa shape index (κ3) is 4.78. The minimum absolute atomic E-state index is 0.736. The van der Waals surface area contributed by atoms with Crippen LogP contribution in [0.1, 0.15) is 130 Å². The molecule has 0 saturated heterocycles. The monoisotopic (exact) mass is 374 g/mol. The van der Waals surface area contributed by atoms with E-state index in [9.17, 15) is 0 Å². The summed E-state index contributed by atoms with van der Waals surface area (Å²) in [6, 6.07) is 0. The standard InChI is InChI=1S/C27H50/c1-5-7-9-11-17-27(18-12-10-8-6-2)25-19-21(3)13-15-23(25)24-16-14-22(4)20-26(24)27/h21-26H,5-20H2,1-4H3. The molecule has 0 spiro atoms. The van der Waals surface area contributed by atoms with Gasteiger partial charge in [-0.05, 0) is 79.4 Å². The number of rotatable bonds is 10. The molecule has 0 amide bonds. The summed E-state index contributed by atoms with van der Waals surface area (Å²) in [5.41, 5.74) is 0.736. The van der Waals surface area contributed by atoms with Crippen molar-refractivity contribution in [2.45, 2.75) is 130 Å². The second-order valence-electron chi connectivity index (χ2n) is 11.2. The molecule has 0 N–H and O–H groups in total. The van der Waals surface area contributed by atoms with Gasteiger partial charge in [-0.25, -0.2) is 0 Å². The maximum absolute atomic E-state index is 2.57. The summed E-state index contributed by atoms with van der Waals surface area (Å²) in [4.78, 5) is 0. The van der Waals surface area contributed by atoms with Crippen LogP contribution in [0.4, 0.5) is 0 Å². The molecule has 0 radical (unpaired) electrons. The van der Waals surface area contributed by atoms with Crippen LogP contribution in [-0.2, 0) is 0 Å². The SMILES string of the molecule is CCCCCCC1(CCCCCC)C2CC(C)CCC2C2CCC(C)CC21. The molecule has 3 saturated carbocycles. The molecule has 3 fully saturated rings. The predicted molar refractivity (Wildman–Crippen MR) is 120 cm³/mol. The van der Waals surface area contributed by atoms with Crippen molar-refractivity contribution >= 4 is 0 Å². The molecule has 0 nitrogen and oxygen atoms in total. The number of unbranched alkanes of at least 4 members (excludes halogenated alkanes) is 6. The Morgan fingerprint density at radius 1 is 0.593 bits per heavy atom. The van der Waals surface area contributed by atoms with Gasteiger partial charge in [0.15, 0.2) is 0 Å². The molecule has 0 aliphatic heterocycles. The minimum Gasteiger partial charge on any atom is -0.0654 e. The van der Waals surface area contributed by atoms with Crippen molar-refractivity contribution in [2.24, 2.45) is 40.9 Å². The Hall–Kier alpha value is 0. The van der Waals surface area contributed by atoms with E-state index >= 15 is 0 Å². The highest BCUT2D eigenvalue weighted by Gasteiger charge is 2.59. The van der Waals surface area contributed by atoms with Crippen molar-refractivity contribution in [1.82, 2.24) is 0 Å². The molecule has 0 heterocycles. The lowest BCUT2D eigenvalue weighted by Gasteiger charge is -2.46. The Balaban J connectivity index is 1.82. The highest BCUT2D eigenvalue weighted by molar-refractivity contribution is 5.08. The van der Waals surface area contributed by atoms with Crippen LogP contribution in [0.25, 0.3) is 0 Å². The van der Waals surface area contributed by atoms with E-state index in [1.807, 2.05) is 0 Å². The smallest absolute Gasteiger partial charge is 0.0235 e. The largest absolute Gasteiger partial charge is 0.0654 e. The molecule has 0 aromatic heterocycles. The fourth-order valence-corrected chi connectivity index (χ4v) is 8.06. The number of fused-ring (bicyclic) bond motifs is 3. The predicted octanol–water partition coefficient (Wildman–Crippen LogP) is 9.03. The molecule has 0 bridgehead atoms. The Labute approximate surface area is 171 Å². The highest BCUT2D eigenvalue weighted by atomic mass is 14.6. The van der Waals surface area contributed by atoms with Crippen molar-refractivity contribution < 1.29 is 0 Å². The quantitative estimate of drug-likeness (QED) is 0.334. The molecule has 3 aliphatic carbocycles. The molecule has 0 aromatic rings. The average molecular weight is 375 g/mol. The van der Waals surface area contributed by atoms with Crippen molar-refractivity contribution in [1.29, 1.82) is 0 Å². The van der Waals surface area contributed by atoms with Gasteiger partial charge < -0.3 is 0 Å². The summed E-state index contributed by atoms with van der Waals surface area (Å²) in [6.07, 6.45) is 24.3. The van der Waals surface area contributed by atoms with Crippen LogP contribution in [0.3, 0.4) is 0 Å². The molecule has 0 aromatic carbocycles. The lowest BCUT2D eigenvalue weighted by Crippen LogP contribution is -2.37. The molecule has 158 valence electrons. The Morgan fingerprint density at radius 2 is 1.04 bits per heavy atom. The van der Waals surface area contributed by atoms with Crippen molar-refractivity contribution in [3.8, 4) is 0 Å². The van der Waals surface area contributed by atoms with Crippen LogP contribution in [0.5, 0.6) is 0 Å². The number of hydrogen-bond donors (Lipinski definition) is 0. The van der Waals surface area contributed by atoms with Crippen molar-refractivity contribution in [3.05, 3.63) is 0 Å². The average Bonchev–Trinajstić information content (AvgIpc) is 2.92. The summed E-state index contributed by atoms with van der Waals surface area (Å²) in [5.74, 6) is 6.38. The summed E-state index contributed by atoms with van der Waals surface area (Å²) >= 11 is 0. The summed E-state index contributed by atoms with van der Waals surface area (Å²) in [6.45, 7) is 9.88. The number of hydrogen-bond acceptors (Lipinski definition) is 0. The van der Waals surface area contributed by atoms with E-state index in [1.54, 1.807) is 38.5 Å². The Morgan fingerprint density at radius 3 is 1.44 bits per heavy atom. The minimum atomic E-state index is 0.736. The van der Waals surface area contributed by atoms with E-state index in [0.29, 0.717) is 0 Å². The van der Waals surface area contributed by atoms with Crippen LogP contribution in [0, 0.1) is 40.9 Å². The van der Waals surface area contributed by atoms with Gasteiger partial charge in [-0.2, -0.15) is 0 Å². The van der Waals surface area contributed by atoms with Gasteiger partial charge in [0.05, 0.1) is 0 Å². The van der Waals surface area contributed by atoms with Crippen LogP contribution in [0.15, 0.2) is 0 Å². The highest BCUT2D eigenvalue weighted by Crippen LogP contribution is 2.67. The Bertz CT molecular complexity index is 384. The van der Waals surface area contributed by atoms with Gasteiger partial charge in [0, 0.05) is 0 Å². The van der Waals surface area contributed by atoms with Gasteiger partial charge in [-0.1, -0.05) is 91.9 Å². The first-order valence-electron chi connectivity index (χ1n) is 13.1. The zero-order valence-corrected chi connectivity index (χ0v) is 19.3. The first-order valence-corrected chi connectivity index (χ1v) is 13.1. The fourth-order valence-electron chi connectivity index (χ4n) is 8.06. The van der Waals surface area contributed by atoms with E-state index in [1.165, 1.54) is 64.2 Å². The van der Waals surface area contributed by atoms with Crippen molar-refractivity contribution in [2.75, 3.05) is 0 Å². The van der Waals surface area contributed by atoms with E-state index in [4.69, 9.17) is 0 Å². The summed E-state index contributed by atoms with van der Waals surface area (Å²) in [7, 11) is 0. The third-order valence-corrected chi connectivity index (χ3v) is 9.35. The van der Waals surface area contributed by atoms with Gasteiger partial charge in [-0.15, -0.1) is 0 Å². The van der Waals surface area contributed by atoms with E-state index < -0.39 is 0 Å².